The molecule has 0 aliphatic rings. The van der Waals surface area contributed by atoms with Gasteiger partial charge in [0.1, 0.15) is 5.82 Å². The number of carbonyl (C=O) groups is 1. The first-order valence-corrected chi connectivity index (χ1v) is 7.94. The number of para-hydroxylation sites is 2. The molecule has 1 amide bonds. The minimum Gasteiger partial charge on any atom is -0.493 e. The molecule has 1 heterocycles. The molecule has 0 saturated heterocycles. The third-order valence-electron chi connectivity index (χ3n) is 3.55. The Morgan fingerprint density at radius 2 is 1.83 bits per heavy atom. The quantitative estimate of drug-likeness (QED) is 0.807. The largest absolute Gasteiger partial charge is 0.493 e. The molecular weight excluding hydrogens is 306 g/mol. The minimum absolute atomic E-state index is 0.0990. The molecule has 0 bridgehead atoms. The van der Waals surface area contributed by atoms with E-state index < -0.39 is 0 Å². The van der Waals surface area contributed by atoms with Gasteiger partial charge in [-0.1, -0.05) is 12.1 Å². The predicted molar refractivity (Wildman–Crippen MR) is 94.9 cm³/mol. The summed E-state index contributed by atoms with van der Waals surface area (Å²) in [5.74, 6) is 1.77. The number of nitrogens with zero attached hydrogens (tertiary/aromatic N) is 2. The topological polar surface area (TPSA) is 63.7 Å². The molecule has 6 heteroatoms. The number of ether oxygens (including phenoxy) is 2. The van der Waals surface area contributed by atoms with Gasteiger partial charge in [0.25, 0.3) is 5.91 Å². The number of hydrogen-bond acceptors (Lipinski definition) is 5. The molecule has 128 valence electrons. The van der Waals surface area contributed by atoms with Crippen molar-refractivity contribution in [3.8, 4) is 11.5 Å². The summed E-state index contributed by atoms with van der Waals surface area (Å²) in [4.78, 5) is 18.5. The van der Waals surface area contributed by atoms with E-state index in [1.54, 1.807) is 25.4 Å². The molecule has 2 rings (SSSR count). The van der Waals surface area contributed by atoms with Gasteiger partial charge in [-0.05, 0) is 38.1 Å². The summed E-state index contributed by atoms with van der Waals surface area (Å²) in [6, 6.07) is 10.9. The van der Waals surface area contributed by atoms with Crippen LogP contribution < -0.4 is 19.7 Å². The van der Waals surface area contributed by atoms with Gasteiger partial charge >= 0.3 is 0 Å². The van der Waals surface area contributed by atoms with Crippen LogP contribution >= 0.6 is 0 Å². The van der Waals surface area contributed by atoms with Crippen LogP contribution in [0.15, 0.2) is 42.6 Å². The maximum Gasteiger partial charge on any atom is 0.262 e. The third kappa shape index (κ3) is 4.62. The van der Waals surface area contributed by atoms with E-state index in [1.165, 1.54) is 0 Å². The van der Waals surface area contributed by atoms with Crippen LogP contribution in [-0.2, 0) is 4.79 Å². The van der Waals surface area contributed by atoms with E-state index in [1.807, 2.05) is 24.3 Å². The normalized spacial score (nSPS) is 10.1. The fourth-order valence-corrected chi connectivity index (χ4v) is 2.27. The zero-order valence-electron chi connectivity index (χ0n) is 14.3. The number of nitrogens with one attached hydrogen (secondary N) is 1. The lowest BCUT2D eigenvalue weighted by atomic mass is 10.3. The van der Waals surface area contributed by atoms with E-state index in [9.17, 15) is 4.79 Å². The van der Waals surface area contributed by atoms with Crippen molar-refractivity contribution < 1.29 is 14.3 Å². The van der Waals surface area contributed by atoms with Crippen LogP contribution in [0.2, 0.25) is 0 Å². The Kier molecular flexibility index (Phi) is 6.42. The Labute approximate surface area is 142 Å². The second kappa shape index (κ2) is 8.76. The van der Waals surface area contributed by atoms with Gasteiger partial charge < -0.3 is 19.7 Å². The molecule has 0 radical (unpaired) electrons. The highest BCUT2D eigenvalue weighted by Crippen LogP contribution is 2.25. The van der Waals surface area contributed by atoms with Crippen molar-refractivity contribution in [1.82, 2.24) is 4.98 Å². The summed E-state index contributed by atoms with van der Waals surface area (Å²) >= 11 is 0. The SMILES string of the molecule is CCN(CC)c1ccc(NC(=O)COc2ccccc2OC)cn1. The predicted octanol–water partition coefficient (Wildman–Crippen LogP) is 2.95. The van der Waals surface area contributed by atoms with Crippen LogP contribution in [0.5, 0.6) is 11.5 Å². The minimum atomic E-state index is -0.252. The Hall–Kier alpha value is -2.76. The number of methoxy groups -OCH3 is 1. The molecule has 0 spiro atoms. The summed E-state index contributed by atoms with van der Waals surface area (Å²) in [7, 11) is 1.56. The number of pyridine rings is 1. The molecule has 2 aromatic rings. The number of rotatable bonds is 8. The molecule has 1 aromatic carbocycles. The summed E-state index contributed by atoms with van der Waals surface area (Å²) in [5, 5.41) is 2.77. The molecule has 1 aromatic heterocycles. The van der Waals surface area contributed by atoms with Gasteiger partial charge in [-0.2, -0.15) is 0 Å². The standard InChI is InChI=1S/C18H23N3O3/c1-4-21(5-2)17-11-10-14(12-19-17)20-18(22)13-24-16-9-7-6-8-15(16)23-3/h6-12H,4-5,13H2,1-3H3,(H,20,22). The Morgan fingerprint density at radius 1 is 1.12 bits per heavy atom. The summed E-state index contributed by atoms with van der Waals surface area (Å²) in [5.41, 5.74) is 0.638. The van der Waals surface area contributed by atoms with Crippen molar-refractivity contribution in [2.45, 2.75) is 13.8 Å². The van der Waals surface area contributed by atoms with Crippen LogP contribution in [0.1, 0.15) is 13.8 Å². The molecule has 0 atom stereocenters. The summed E-state index contributed by atoms with van der Waals surface area (Å²) < 4.78 is 10.7. The average molecular weight is 329 g/mol. The van der Waals surface area contributed by atoms with Gasteiger partial charge in [-0.25, -0.2) is 4.98 Å². The number of hydrogen-bond donors (Lipinski definition) is 1. The first-order chi connectivity index (χ1) is 11.7. The molecule has 1 N–H and O–H groups in total. The zero-order chi connectivity index (χ0) is 17.4. The number of amides is 1. The van der Waals surface area contributed by atoms with Crippen LogP contribution in [0.4, 0.5) is 11.5 Å². The van der Waals surface area contributed by atoms with Crippen LogP contribution in [-0.4, -0.2) is 37.7 Å². The zero-order valence-corrected chi connectivity index (χ0v) is 14.3. The van der Waals surface area contributed by atoms with Crippen molar-refractivity contribution in [2.24, 2.45) is 0 Å². The van der Waals surface area contributed by atoms with Gasteiger partial charge in [0.15, 0.2) is 18.1 Å². The number of aromatic nitrogens is 1. The van der Waals surface area contributed by atoms with Crippen LogP contribution in [0.25, 0.3) is 0 Å². The summed E-state index contributed by atoms with van der Waals surface area (Å²) in [6.07, 6.45) is 1.65. The van der Waals surface area contributed by atoms with Gasteiger partial charge in [0, 0.05) is 13.1 Å². The van der Waals surface area contributed by atoms with Crippen molar-refractivity contribution in [1.29, 1.82) is 0 Å². The lowest BCUT2D eigenvalue weighted by Gasteiger charge is -2.19. The van der Waals surface area contributed by atoms with Crippen LogP contribution in [0, 0.1) is 0 Å². The number of carbonyl (C=O) groups excluding carboxylic acids is 1. The Balaban J connectivity index is 1.90. The molecule has 0 fully saturated rings. The van der Waals surface area contributed by atoms with Crippen molar-refractivity contribution >= 4 is 17.4 Å². The molecule has 0 unspecified atom stereocenters. The lowest BCUT2D eigenvalue weighted by molar-refractivity contribution is -0.118. The first kappa shape index (κ1) is 17.6. The fourth-order valence-electron chi connectivity index (χ4n) is 2.27. The molecule has 6 nitrogen and oxygen atoms in total. The van der Waals surface area contributed by atoms with Crippen molar-refractivity contribution in [3.05, 3.63) is 42.6 Å². The number of benzene rings is 1. The average Bonchev–Trinajstić information content (AvgIpc) is 2.62. The third-order valence-corrected chi connectivity index (χ3v) is 3.55. The first-order valence-electron chi connectivity index (χ1n) is 7.94. The van der Waals surface area contributed by atoms with E-state index in [0.29, 0.717) is 17.2 Å². The highest BCUT2D eigenvalue weighted by atomic mass is 16.5. The summed E-state index contributed by atoms with van der Waals surface area (Å²) in [6.45, 7) is 5.84. The lowest BCUT2D eigenvalue weighted by Crippen LogP contribution is -2.23. The maximum atomic E-state index is 12.0. The van der Waals surface area contributed by atoms with Gasteiger partial charge in [0.05, 0.1) is 19.0 Å². The second-order valence-corrected chi connectivity index (χ2v) is 5.07. The molecule has 0 aliphatic heterocycles. The molecular formula is C18H23N3O3. The van der Waals surface area contributed by atoms with Crippen molar-refractivity contribution in [2.75, 3.05) is 37.0 Å². The van der Waals surface area contributed by atoms with Crippen LogP contribution in [0.3, 0.4) is 0 Å². The Morgan fingerprint density at radius 3 is 2.42 bits per heavy atom. The second-order valence-electron chi connectivity index (χ2n) is 5.07. The maximum absolute atomic E-state index is 12.0. The van der Waals surface area contributed by atoms with E-state index in [-0.39, 0.29) is 12.5 Å². The highest BCUT2D eigenvalue weighted by molar-refractivity contribution is 5.91. The Bertz CT molecular complexity index is 655. The fraction of sp³-hybridized carbons (Fsp3) is 0.333. The van der Waals surface area contributed by atoms with E-state index in [0.717, 1.165) is 18.9 Å². The monoisotopic (exact) mass is 329 g/mol. The number of anilines is 2. The van der Waals surface area contributed by atoms with E-state index in [2.05, 4.69) is 29.0 Å². The molecule has 0 saturated carbocycles. The molecule has 0 aliphatic carbocycles. The van der Waals surface area contributed by atoms with Gasteiger partial charge in [0.2, 0.25) is 0 Å². The van der Waals surface area contributed by atoms with E-state index >= 15 is 0 Å². The van der Waals surface area contributed by atoms with Gasteiger partial charge in [-0.15, -0.1) is 0 Å². The smallest absolute Gasteiger partial charge is 0.262 e. The van der Waals surface area contributed by atoms with Gasteiger partial charge in [-0.3, -0.25) is 4.79 Å². The highest BCUT2D eigenvalue weighted by Gasteiger charge is 2.08. The van der Waals surface area contributed by atoms with E-state index in [4.69, 9.17) is 9.47 Å². The van der Waals surface area contributed by atoms with Crippen molar-refractivity contribution in [3.63, 3.8) is 0 Å². The molecule has 24 heavy (non-hydrogen) atoms.